The molecule has 0 spiro atoms. The number of esters is 1. The number of hydrogen-bond acceptors (Lipinski definition) is 7. The molecule has 8 nitrogen and oxygen atoms in total. The number of aryl methyl sites for hydroxylation is 1. The molecule has 8 heteroatoms. The first-order valence-corrected chi connectivity index (χ1v) is 9.26. The van der Waals surface area contributed by atoms with E-state index in [2.05, 4.69) is 10.5 Å². The molecule has 0 aliphatic rings. The molecule has 0 unspecified atom stereocenters. The van der Waals surface area contributed by atoms with Gasteiger partial charge >= 0.3 is 5.97 Å². The third kappa shape index (κ3) is 5.38. The monoisotopic (exact) mass is 410 g/mol. The second kappa shape index (κ2) is 9.60. The lowest BCUT2D eigenvalue weighted by Crippen LogP contribution is -2.32. The first-order chi connectivity index (χ1) is 14.5. The number of benzene rings is 2. The molecule has 1 amide bonds. The normalized spacial score (nSPS) is 12.5. The number of amides is 1. The minimum Gasteiger partial charge on any atom is -0.497 e. The number of anilines is 1. The molecule has 0 radical (unpaired) electrons. The van der Waals surface area contributed by atoms with Crippen LogP contribution in [0.15, 0.2) is 65.2 Å². The number of methoxy groups -OCH3 is 1. The Morgan fingerprint density at radius 3 is 2.30 bits per heavy atom. The highest BCUT2D eigenvalue weighted by molar-refractivity contribution is 5.95. The van der Waals surface area contributed by atoms with Crippen LogP contribution in [-0.2, 0) is 14.3 Å². The van der Waals surface area contributed by atoms with E-state index < -0.39 is 24.1 Å². The zero-order valence-corrected chi connectivity index (χ0v) is 16.8. The topological polar surface area (TPSA) is 99.9 Å². The smallest absolute Gasteiger partial charge is 0.348 e. The van der Waals surface area contributed by atoms with Crippen molar-refractivity contribution in [3.8, 4) is 11.5 Å². The van der Waals surface area contributed by atoms with Crippen molar-refractivity contribution in [3.63, 3.8) is 0 Å². The lowest BCUT2D eigenvalue weighted by atomic mass is 10.1. The van der Waals surface area contributed by atoms with Gasteiger partial charge < -0.3 is 24.1 Å². The Labute approximate surface area is 173 Å². The van der Waals surface area contributed by atoms with Crippen molar-refractivity contribution in [1.29, 1.82) is 0 Å². The van der Waals surface area contributed by atoms with Gasteiger partial charge in [0, 0.05) is 11.6 Å². The van der Waals surface area contributed by atoms with Gasteiger partial charge in [-0.25, -0.2) is 4.79 Å². The standard InChI is InChI=1S/C22H22N2O6/c1-14-13-19(24-30-14)23-21(25)20(16-7-5-4-6-8-16)29-22(26)15(2)28-18-11-9-17(27-3)10-12-18/h4-13,15,20H,1-3H3,(H,23,24,25)/t15-,20-/m0/s1. The van der Waals surface area contributed by atoms with Crippen LogP contribution >= 0.6 is 0 Å². The highest BCUT2D eigenvalue weighted by Crippen LogP contribution is 2.23. The van der Waals surface area contributed by atoms with Crippen molar-refractivity contribution in [3.05, 3.63) is 72.0 Å². The van der Waals surface area contributed by atoms with E-state index in [1.165, 1.54) is 0 Å². The summed E-state index contributed by atoms with van der Waals surface area (Å²) in [7, 11) is 1.56. The Hall–Kier alpha value is -3.81. The molecule has 1 heterocycles. The quantitative estimate of drug-likeness (QED) is 0.566. The zero-order chi connectivity index (χ0) is 21.5. The Bertz CT molecular complexity index is 984. The summed E-state index contributed by atoms with van der Waals surface area (Å²) in [6, 6.07) is 17.0. The van der Waals surface area contributed by atoms with Crippen LogP contribution in [0.2, 0.25) is 0 Å². The molecule has 1 N–H and O–H groups in total. The molecule has 0 bridgehead atoms. The van der Waals surface area contributed by atoms with Gasteiger partial charge in [-0.3, -0.25) is 4.79 Å². The zero-order valence-electron chi connectivity index (χ0n) is 16.8. The lowest BCUT2D eigenvalue weighted by molar-refractivity contribution is -0.161. The molecule has 30 heavy (non-hydrogen) atoms. The number of aromatic nitrogens is 1. The molecular weight excluding hydrogens is 388 g/mol. The van der Waals surface area contributed by atoms with E-state index in [-0.39, 0.29) is 5.82 Å². The number of carbonyl (C=O) groups is 2. The molecular formula is C22H22N2O6. The van der Waals surface area contributed by atoms with Crippen LogP contribution in [0.4, 0.5) is 5.82 Å². The maximum Gasteiger partial charge on any atom is 0.348 e. The van der Waals surface area contributed by atoms with Crippen molar-refractivity contribution in [1.82, 2.24) is 5.16 Å². The van der Waals surface area contributed by atoms with E-state index in [4.69, 9.17) is 18.7 Å². The number of nitrogens with one attached hydrogen (secondary N) is 1. The highest BCUT2D eigenvalue weighted by Gasteiger charge is 2.29. The van der Waals surface area contributed by atoms with Gasteiger partial charge in [-0.2, -0.15) is 0 Å². The average molecular weight is 410 g/mol. The minimum absolute atomic E-state index is 0.233. The summed E-state index contributed by atoms with van der Waals surface area (Å²) in [6.45, 7) is 3.25. The molecule has 156 valence electrons. The Balaban J connectivity index is 1.71. The number of rotatable bonds is 8. The van der Waals surface area contributed by atoms with Crippen molar-refractivity contribution in [2.24, 2.45) is 0 Å². The van der Waals surface area contributed by atoms with E-state index in [0.29, 0.717) is 22.8 Å². The molecule has 3 aromatic rings. The fraction of sp³-hybridized carbons (Fsp3) is 0.227. The van der Waals surface area contributed by atoms with Crippen LogP contribution in [0.5, 0.6) is 11.5 Å². The predicted octanol–water partition coefficient (Wildman–Crippen LogP) is 3.68. The van der Waals surface area contributed by atoms with Gasteiger partial charge in [0.25, 0.3) is 5.91 Å². The van der Waals surface area contributed by atoms with Crippen LogP contribution in [-0.4, -0.2) is 30.2 Å². The number of hydrogen-bond donors (Lipinski definition) is 1. The third-order valence-electron chi connectivity index (χ3n) is 4.16. The van der Waals surface area contributed by atoms with Crippen LogP contribution in [0, 0.1) is 6.92 Å². The third-order valence-corrected chi connectivity index (χ3v) is 4.16. The largest absolute Gasteiger partial charge is 0.497 e. The SMILES string of the molecule is COc1ccc(O[C@@H](C)C(=O)O[C@H](C(=O)Nc2cc(C)on2)c2ccccc2)cc1. The maximum absolute atomic E-state index is 12.8. The summed E-state index contributed by atoms with van der Waals surface area (Å²) in [5.41, 5.74) is 0.514. The van der Waals surface area contributed by atoms with Crippen LogP contribution in [0.3, 0.4) is 0 Å². The number of nitrogens with zero attached hydrogens (tertiary/aromatic N) is 1. The van der Waals surface area contributed by atoms with Crippen molar-refractivity contribution in [2.75, 3.05) is 12.4 Å². The molecule has 0 fully saturated rings. The van der Waals surface area contributed by atoms with Gasteiger partial charge in [0.15, 0.2) is 11.9 Å². The molecule has 0 saturated carbocycles. The molecule has 1 aromatic heterocycles. The van der Waals surface area contributed by atoms with Gasteiger partial charge in [0.2, 0.25) is 6.10 Å². The van der Waals surface area contributed by atoms with Crippen LogP contribution in [0.1, 0.15) is 24.4 Å². The minimum atomic E-state index is -1.18. The summed E-state index contributed by atoms with van der Waals surface area (Å²) >= 11 is 0. The van der Waals surface area contributed by atoms with Crippen LogP contribution < -0.4 is 14.8 Å². The van der Waals surface area contributed by atoms with Gasteiger partial charge in [-0.05, 0) is 38.1 Å². The Morgan fingerprint density at radius 1 is 1.03 bits per heavy atom. The second-order valence-electron chi connectivity index (χ2n) is 6.48. The van der Waals surface area contributed by atoms with E-state index in [1.54, 1.807) is 81.6 Å². The molecule has 3 rings (SSSR count). The van der Waals surface area contributed by atoms with E-state index in [9.17, 15) is 9.59 Å². The van der Waals surface area contributed by atoms with Gasteiger partial charge in [0.1, 0.15) is 17.3 Å². The van der Waals surface area contributed by atoms with Crippen LogP contribution in [0.25, 0.3) is 0 Å². The first kappa shape index (κ1) is 20.9. The van der Waals surface area contributed by atoms with E-state index in [0.717, 1.165) is 0 Å². The average Bonchev–Trinajstić information content (AvgIpc) is 3.17. The molecule has 0 aliphatic heterocycles. The number of carbonyl (C=O) groups excluding carboxylic acids is 2. The Kier molecular flexibility index (Phi) is 6.69. The summed E-state index contributed by atoms with van der Waals surface area (Å²) < 4.78 is 21.2. The molecule has 0 aliphatic carbocycles. The summed E-state index contributed by atoms with van der Waals surface area (Å²) in [5.74, 6) is 0.670. The fourth-order valence-corrected chi connectivity index (χ4v) is 2.64. The van der Waals surface area contributed by atoms with Crippen molar-refractivity contribution >= 4 is 17.7 Å². The Morgan fingerprint density at radius 2 is 1.70 bits per heavy atom. The number of ether oxygens (including phenoxy) is 3. The summed E-state index contributed by atoms with van der Waals surface area (Å²) in [4.78, 5) is 25.4. The van der Waals surface area contributed by atoms with Gasteiger partial charge in [-0.15, -0.1) is 0 Å². The fourth-order valence-electron chi connectivity index (χ4n) is 2.64. The first-order valence-electron chi connectivity index (χ1n) is 9.26. The summed E-state index contributed by atoms with van der Waals surface area (Å²) in [6.07, 6.45) is -2.12. The maximum atomic E-state index is 12.8. The molecule has 0 saturated heterocycles. The predicted molar refractivity (Wildman–Crippen MR) is 108 cm³/mol. The highest BCUT2D eigenvalue weighted by atomic mass is 16.6. The van der Waals surface area contributed by atoms with E-state index >= 15 is 0 Å². The van der Waals surface area contributed by atoms with Crippen molar-refractivity contribution < 1.29 is 28.3 Å². The lowest BCUT2D eigenvalue weighted by Gasteiger charge is -2.20. The van der Waals surface area contributed by atoms with Gasteiger partial charge in [0.05, 0.1) is 7.11 Å². The summed E-state index contributed by atoms with van der Waals surface area (Å²) in [5, 5.41) is 6.33. The second-order valence-corrected chi connectivity index (χ2v) is 6.48. The van der Waals surface area contributed by atoms with E-state index in [1.807, 2.05) is 0 Å². The molecule has 2 atom stereocenters. The molecule has 2 aromatic carbocycles. The van der Waals surface area contributed by atoms with Gasteiger partial charge in [-0.1, -0.05) is 35.5 Å². The van der Waals surface area contributed by atoms with Crippen molar-refractivity contribution in [2.45, 2.75) is 26.1 Å².